The molecule has 5 nitrogen and oxygen atoms in total. The van der Waals surface area contributed by atoms with E-state index in [9.17, 15) is 9.65 Å². The van der Waals surface area contributed by atoms with E-state index < -0.39 is 5.82 Å². The molecular weight excluding hydrogens is 422 g/mol. The van der Waals surface area contributed by atoms with Crippen molar-refractivity contribution in [2.75, 3.05) is 18.0 Å². The molecule has 0 unspecified atom stereocenters. The molecule has 24 heavy (non-hydrogen) atoms. The van der Waals surface area contributed by atoms with Gasteiger partial charge in [0.25, 0.3) is 0 Å². The lowest BCUT2D eigenvalue weighted by Gasteiger charge is -2.37. The van der Waals surface area contributed by atoms with Gasteiger partial charge in [-0.2, -0.15) is 10.4 Å². The molecule has 0 saturated heterocycles. The second kappa shape index (κ2) is 5.34. The Labute approximate surface area is 153 Å². The Kier molecular flexibility index (Phi) is 3.49. The Morgan fingerprint density at radius 1 is 1.50 bits per heavy atom. The summed E-state index contributed by atoms with van der Waals surface area (Å²) in [4.78, 5) is 2.10. The fraction of sp³-hybridized carbons (Fsp3) is 0.412. The quantitative estimate of drug-likeness (QED) is 0.675. The molecule has 2 aliphatic rings. The topological polar surface area (TPSA) is 54.1 Å². The number of aryl methyl sites for hydroxylation is 1. The van der Waals surface area contributed by atoms with Crippen molar-refractivity contribution in [2.45, 2.75) is 25.4 Å². The highest BCUT2D eigenvalue weighted by Gasteiger charge is 2.51. The highest BCUT2D eigenvalue weighted by Crippen LogP contribution is 2.51. The van der Waals surface area contributed by atoms with Gasteiger partial charge < -0.3 is 9.64 Å². The monoisotopic (exact) mass is 438 g/mol. The molecule has 124 valence electrons. The molecule has 0 amide bonds. The number of anilines is 1. The standard InChI is InChI=1S/C17H16FIN4O/c1-3-23-9-17(4-5-17)24-16-10(7-20)14(11(18)6-13(16)23)15-12(19)8-21-22(15)2/h6,8H,3-5,9H2,1-2H3. The van der Waals surface area contributed by atoms with Gasteiger partial charge in [-0.15, -0.1) is 0 Å². The summed E-state index contributed by atoms with van der Waals surface area (Å²) < 4.78 is 23.6. The van der Waals surface area contributed by atoms with Crippen LogP contribution in [0, 0.1) is 20.7 Å². The third-order valence-electron chi connectivity index (χ3n) is 4.78. The maximum absolute atomic E-state index is 15.0. The van der Waals surface area contributed by atoms with E-state index in [2.05, 4.69) is 38.7 Å². The Morgan fingerprint density at radius 3 is 2.79 bits per heavy atom. The van der Waals surface area contributed by atoms with Gasteiger partial charge >= 0.3 is 0 Å². The second-order valence-corrected chi connectivity index (χ2v) is 7.49. The molecule has 7 heteroatoms. The average Bonchev–Trinajstić information content (AvgIpc) is 3.23. The minimum absolute atomic E-state index is 0.205. The molecule has 1 saturated carbocycles. The molecule has 1 aromatic heterocycles. The van der Waals surface area contributed by atoms with Gasteiger partial charge in [-0.3, -0.25) is 4.68 Å². The number of hydrogen-bond donors (Lipinski definition) is 0. The number of nitriles is 1. The van der Waals surface area contributed by atoms with Crippen LogP contribution < -0.4 is 9.64 Å². The zero-order valence-corrected chi connectivity index (χ0v) is 15.6. The summed E-state index contributed by atoms with van der Waals surface area (Å²) in [5.41, 5.74) is 1.61. The number of ether oxygens (including phenoxy) is 1. The van der Waals surface area contributed by atoms with Crippen LogP contribution in [-0.2, 0) is 7.05 Å². The normalized spacial score (nSPS) is 17.4. The van der Waals surface area contributed by atoms with Crippen molar-refractivity contribution in [1.82, 2.24) is 9.78 Å². The molecule has 1 aliphatic carbocycles. The van der Waals surface area contributed by atoms with Crippen LogP contribution in [0.15, 0.2) is 12.3 Å². The Morgan fingerprint density at radius 2 is 2.25 bits per heavy atom. The predicted molar refractivity (Wildman–Crippen MR) is 96.5 cm³/mol. The van der Waals surface area contributed by atoms with E-state index in [0.717, 1.165) is 29.5 Å². The number of nitrogens with zero attached hydrogens (tertiary/aromatic N) is 4. The average molecular weight is 438 g/mol. The van der Waals surface area contributed by atoms with Crippen molar-refractivity contribution in [1.29, 1.82) is 5.26 Å². The molecule has 0 N–H and O–H groups in total. The highest BCUT2D eigenvalue weighted by molar-refractivity contribution is 14.1. The summed E-state index contributed by atoms with van der Waals surface area (Å²) in [6.07, 6.45) is 3.62. The number of fused-ring (bicyclic) bond motifs is 1. The summed E-state index contributed by atoms with van der Waals surface area (Å²) in [5, 5.41) is 14.0. The first-order valence-corrected chi connectivity index (χ1v) is 8.96. The fourth-order valence-electron chi connectivity index (χ4n) is 3.35. The van der Waals surface area contributed by atoms with Crippen LogP contribution in [0.5, 0.6) is 5.75 Å². The molecule has 1 aliphatic heterocycles. The Balaban J connectivity index is 2.00. The maximum Gasteiger partial charge on any atom is 0.162 e. The van der Waals surface area contributed by atoms with E-state index in [1.54, 1.807) is 17.9 Å². The van der Waals surface area contributed by atoms with Gasteiger partial charge in [0.15, 0.2) is 5.75 Å². The van der Waals surface area contributed by atoms with Gasteiger partial charge in [0.2, 0.25) is 0 Å². The summed E-state index contributed by atoms with van der Waals surface area (Å²) in [6, 6.07) is 3.67. The first-order chi connectivity index (χ1) is 11.5. The molecule has 1 fully saturated rings. The maximum atomic E-state index is 15.0. The lowest BCUT2D eigenvalue weighted by Crippen LogP contribution is -2.42. The Hall–Kier alpha value is -1.82. The van der Waals surface area contributed by atoms with E-state index >= 15 is 0 Å². The van der Waals surface area contributed by atoms with Gasteiger partial charge in [-0.25, -0.2) is 4.39 Å². The van der Waals surface area contributed by atoms with Crippen LogP contribution in [-0.4, -0.2) is 28.5 Å². The molecule has 4 rings (SSSR count). The molecule has 1 spiro atoms. The smallest absolute Gasteiger partial charge is 0.162 e. The van der Waals surface area contributed by atoms with Crippen molar-refractivity contribution < 1.29 is 9.13 Å². The third-order valence-corrected chi connectivity index (χ3v) is 5.57. The van der Waals surface area contributed by atoms with Crippen LogP contribution in [0.3, 0.4) is 0 Å². The Bertz CT molecular complexity index is 862. The number of halogens is 2. The molecular formula is C17H16FIN4O. The SMILES string of the molecule is CCN1CC2(CC2)Oc2c1cc(F)c(-c1c(I)cnn1C)c2C#N. The first-order valence-electron chi connectivity index (χ1n) is 7.88. The van der Waals surface area contributed by atoms with Crippen LogP contribution in [0.25, 0.3) is 11.3 Å². The van der Waals surface area contributed by atoms with Crippen LogP contribution in [0.4, 0.5) is 10.1 Å². The van der Waals surface area contributed by atoms with Gasteiger partial charge in [-0.05, 0) is 42.4 Å². The first kappa shape index (κ1) is 15.7. The molecule has 1 aromatic carbocycles. The molecule has 0 radical (unpaired) electrons. The molecule has 0 atom stereocenters. The number of hydrogen-bond acceptors (Lipinski definition) is 4. The summed E-state index contributed by atoms with van der Waals surface area (Å²) >= 11 is 2.11. The number of likely N-dealkylation sites (N-methyl/N-ethyl adjacent to an activating group) is 1. The summed E-state index contributed by atoms with van der Waals surface area (Å²) in [6.45, 7) is 3.54. The molecule has 0 bridgehead atoms. The molecule has 2 heterocycles. The van der Waals surface area contributed by atoms with E-state index in [4.69, 9.17) is 4.74 Å². The minimum Gasteiger partial charge on any atom is -0.482 e. The number of aromatic nitrogens is 2. The second-order valence-electron chi connectivity index (χ2n) is 6.33. The predicted octanol–water partition coefficient (Wildman–Crippen LogP) is 3.45. The largest absolute Gasteiger partial charge is 0.482 e. The van der Waals surface area contributed by atoms with Gasteiger partial charge in [-0.1, -0.05) is 0 Å². The van der Waals surface area contributed by atoms with E-state index in [-0.39, 0.29) is 16.7 Å². The van der Waals surface area contributed by atoms with Crippen LogP contribution >= 0.6 is 22.6 Å². The van der Waals surface area contributed by atoms with E-state index in [1.807, 2.05) is 6.92 Å². The number of rotatable bonds is 2. The lowest BCUT2D eigenvalue weighted by atomic mass is 9.99. The van der Waals surface area contributed by atoms with E-state index in [1.165, 1.54) is 6.07 Å². The zero-order valence-electron chi connectivity index (χ0n) is 13.4. The van der Waals surface area contributed by atoms with Gasteiger partial charge in [0.05, 0.1) is 33.3 Å². The summed E-state index contributed by atoms with van der Waals surface area (Å²) in [5.74, 6) is 0.0945. The van der Waals surface area contributed by atoms with Crippen LogP contribution in [0.1, 0.15) is 25.3 Å². The van der Waals surface area contributed by atoms with Crippen molar-refractivity contribution in [3.8, 4) is 23.1 Å². The fourth-order valence-corrected chi connectivity index (χ4v) is 4.09. The summed E-state index contributed by atoms with van der Waals surface area (Å²) in [7, 11) is 1.75. The lowest BCUT2D eigenvalue weighted by molar-refractivity contribution is 0.171. The minimum atomic E-state index is -0.416. The van der Waals surface area contributed by atoms with Crippen molar-refractivity contribution in [2.24, 2.45) is 7.05 Å². The van der Waals surface area contributed by atoms with Gasteiger partial charge in [0.1, 0.15) is 23.1 Å². The highest BCUT2D eigenvalue weighted by atomic mass is 127. The van der Waals surface area contributed by atoms with Crippen LogP contribution in [0.2, 0.25) is 0 Å². The molecule has 2 aromatic rings. The van der Waals surface area contributed by atoms with Crippen molar-refractivity contribution >= 4 is 28.3 Å². The van der Waals surface area contributed by atoms with E-state index in [0.29, 0.717) is 17.1 Å². The third kappa shape index (κ3) is 2.19. The van der Waals surface area contributed by atoms with Gasteiger partial charge in [0, 0.05) is 19.7 Å². The zero-order chi connectivity index (χ0) is 17.1. The van der Waals surface area contributed by atoms with Crippen molar-refractivity contribution in [3.05, 3.63) is 27.2 Å². The van der Waals surface area contributed by atoms with Crippen molar-refractivity contribution in [3.63, 3.8) is 0 Å². The number of benzene rings is 1.